The monoisotopic (exact) mass is 480 g/mol. The molecule has 0 saturated carbocycles. The number of aromatic nitrogens is 6. The fourth-order valence-electron chi connectivity index (χ4n) is 4.62. The molecule has 0 radical (unpaired) electrons. The Labute approximate surface area is 211 Å². The van der Waals surface area contributed by atoms with Crippen molar-refractivity contribution in [3.63, 3.8) is 0 Å². The Bertz CT molecular complexity index is 1450. The molecule has 3 heterocycles. The third-order valence-corrected chi connectivity index (χ3v) is 6.56. The summed E-state index contributed by atoms with van der Waals surface area (Å²) in [6.45, 7) is 4.34. The summed E-state index contributed by atoms with van der Waals surface area (Å²) in [7, 11) is 5.83. The molecule has 0 saturated heterocycles. The Kier molecular flexibility index (Phi) is 6.41. The van der Waals surface area contributed by atoms with Crippen molar-refractivity contribution >= 4 is 17.2 Å². The van der Waals surface area contributed by atoms with Gasteiger partial charge in [-0.1, -0.05) is 42.8 Å². The molecule has 0 fully saturated rings. The number of anilines is 2. The number of benzene rings is 1. The van der Waals surface area contributed by atoms with Gasteiger partial charge in [0, 0.05) is 50.9 Å². The molecule has 1 aromatic carbocycles. The minimum absolute atomic E-state index is 0.555. The lowest BCUT2D eigenvalue weighted by Gasteiger charge is -2.17. The van der Waals surface area contributed by atoms with Crippen LogP contribution in [-0.4, -0.2) is 36.6 Å². The molecule has 36 heavy (non-hydrogen) atoms. The van der Waals surface area contributed by atoms with Crippen LogP contribution < -0.4 is 10.6 Å². The topological polar surface area (TPSA) is 85.5 Å². The van der Waals surface area contributed by atoms with Gasteiger partial charge in [-0.25, -0.2) is 9.97 Å². The zero-order valence-electron chi connectivity index (χ0n) is 21.5. The van der Waals surface area contributed by atoms with Crippen molar-refractivity contribution in [3.8, 4) is 22.5 Å². The largest absolute Gasteiger partial charge is 0.393 e. The summed E-state index contributed by atoms with van der Waals surface area (Å²) >= 11 is 0. The molecule has 5 rings (SSSR count). The Hall–Kier alpha value is -4.20. The molecule has 1 aliphatic carbocycles. The summed E-state index contributed by atoms with van der Waals surface area (Å²) in [4.78, 5) is 9.49. The molecule has 2 N–H and O–H groups in total. The van der Waals surface area contributed by atoms with E-state index < -0.39 is 0 Å². The van der Waals surface area contributed by atoms with Crippen LogP contribution in [-0.2, 0) is 26.9 Å². The van der Waals surface area contributed by atoms with Gasteiger partial charge in [-0.3, -0.25) is 9.36 Å². The van der Waals surface area contributed by atoms with Gasteiger partial charge in [-0.15, -0.1) is 0 Å². The van der Waals surface area contributed by atoms with Gasteiger partial charge in [0.15, 0.2) is 0 Å². The molecular weight excluding hydrogens is 448 g/mol. The van der Waals surface area contributed by atoms with E-state index in [9.17, 15) is 0 Å². The standard InChI is InChI=1S/C28H32N8/c1-6-18(2)13-22(14-29-3)19-7-9-20(10-8-19)27-25-24(34-36(27)5)12-11-21-15-30-28(33-26(21)25)32-23-16-31-35(4)17-23/h7-10,13-17,29H,6,11-12H2,1-5H3,(H,30,32,33)/b18-13+,22-14+. The minimum Gasteiger partial charge on any atom is -0.393 e. The first-order chi connectivity index (χ1) is 17.5. The number of hydrogen-bond donors (Lipinski definition) is 2. The van der Waals surface area contributed by atoms with Gasteiger partial charge < -0.3 is 10.6 Å². The molecule has 8 heteroatoms. The van der Waals surface area contributed by atoms with E-state index in [1.54, 1.807) is 10.9 Å². The van der Waals surface area contributed by atoms with E-state index in [4.69, 9.17) is 10.1 Å². The van der Waals surface area contributed by atoms with Gasteiger partial charge in [-0.05, 0) is 42.9 Å². The summed E-state index contributed by atoms with van der Waals surface area (Å²) in [6.07, 6.45) is 12.7. The fraction of sp³-hybridized carbons (Fsp3) is 0.286. The quantitative estimate of drug-likeness (QED) is 0.361. The summed E-state index contributed by atoms with van der Waals surface area (Å²) < 4.78 is 3.73. The Morgan fingerprint density at radius 3 is 2.61 bits per heavy atom. The van der Waals surface area contributed by atoms with Crippen LogP contribution in [0.4, 0.5) is 11.6 Å². The van der Waals surface area contributed by atoms with Gasteiger partial charge in [0.2, 0.25) is 5.95 Å². The molecular formula is C28H32N8. The lowest BCUT2D eigenvalue weighted by Crippen LogP contribution is -2.08. The predicted molar refractivity (Wildman–Crippen MR) is 145 cm³/mol. The normalized spacial score (nSPS) is 13.4. The number of rotatable bonds is 7. The van der Waals surface area contributed by atoms with Gasteiger partial charge in [0.05, 0.1) is 29.0 Å². The highest BCUT2D eigenvalue weighted by molar-refractivity contribution is 5.85. The average molecular weight is 481 g/mol. The Morgan fingerprint density at radius 2 is 1.92 bits per heavy atom. The number of aryl methyl sites for hydroxylation is 4. The van der Waals surface area contributed by atoms with Crippen molar-refractivity contribution in [2.24, 2.45) is 14.1 Å². The molecule has 0 amide bonds. The predicted octanol–water partition coefficient (Wildman–Crippen LogP) is 5.04. The SMILES string of the molecule is CC/C(C)=C/C(=C\NC)c1ccc(-c2c3c(nn2C)CCc2cnc(Nc4cnn(C)c4)nc2-3)cc1. The van der Waals surface area contributed by atoms with Crippen molar-refractivity contribution in [1.29, 1.82) is 0 Å². The molecule has 1 aliphatic rings. The van der Waals surface area contributed by atoms with Gasteiger partial charge in [-0.2, -0.15) is 10.2 Å². The van der Waals surface area contributed by atoms with Gasteiger partial charge in [0.1, 0.15) is 0 Å². The summed E-state index contributed by atoms with van der Waals surface area (Å²) in [5.74, 6) is 0.555. The fourth-order valence-corrected chi connectivity index (χ4v) is 4.62. The summed E-state index contributed by atoms with van der Waals surface area (Å²) in [5, 5.41) is 15.5. The van der Waals surface area contributed by atoms with Crippen LogP contribution in [0.2, 0.25) is 0 Å². The maximum atomic E-state index is 4.93. The van der Waals surface area contributed by atoms with Gasteiger partial charge in [0.25, 0.3) is 0 Å². The second-order valence-corrected chi connectivity index (χ2v) is 9.20. The van der Waals surface area contributed by atoms with E-state index >= 15 is 0 Å². The van der Waals surface area contributed by atoms with Crippen LogP contribution >= 0.6 is 0 Å². The van der Waals surface area contributed by atoms with Crippen molar-refractivity contribution in [2.45, 2.75) is 33.1 Å². The van der Waals surface area contributed by atoms with Gasteiger partial charge >= 0.3 is 0 Å². The van der Waals surface area contributed by atoms with E-state index in [1.165, 1.54) is 16.7 Å². The third kappa shape index (κ3) is 4.54. The minimum atomic E-state index is 0.555. The molecule has 0 atom stereocenters. The highest BCUT2D eigenvalue weighted by atomic mass is 15.3. The molecule has 4 aromatic rings. The zero-order valence-corrected chi connectivity index (χ0v) is 21.5. The van der Waals surface area contributed by atoms with E-state index in [2.05, 4.69) is 64.9 Å². The Morgan fingerprint density at radius 1 is 1.11 bits per heavy atom. The van der Waals surface area contributed by atoms with Crippen LogP contribution in [0.3, 0.4) is 0 Å². The van der Waals surface area contributed by atoms with E-state index in [0.29, 0.717) is 5.95 Å². The van der Waals surface area contributed by atoms with Crippen molar-refractivity contribution in [2.75, 3.05) is 12.4 Å². The first kappa shape index (κ1) is 23.5. The molecule has 0 aliphatic heterocycles. The van der Waals surface area contributed by atoms with Crippen LogP contribution in [0, 0.1) is 0 Å². The number of fused-ring (bicyclic) bond motifs is 3. The van der Waals surface area contributed by atoms with Crippen molar-refractivity contribution in [1.82, 2.24) is 34.8 Å². The molecule has 3 aromatic heterocycles. The highest BCUT2D eigenvalue weighted by Crippen LogP contribution is 2.40. The lowest BCUT2D eigenvalue weighted by molar-refractivity contribution is 0.741. The van der Waals surface area contributed by atoms with Crippen molar-refractivity contribution < 1.29 is 0 Å². The van der Waals surface area contributed by atoms with Crippen molar-refractivity contribution in [3.05, 3.63) is 77.5 Å². The summed E-state index contributed by atoms with van der Waals surface area (Å²) in [5.41, 5.74) is 11.0. The maximum Gasteiger partial charge on any atom is 0.227 e. The highest BCUT2D eigenvalue weighted by Gasteiger charge is 2.27. The average Bonchev–Trinajstić information content (AvgIpc) is 3.45. The summed E-state index contributed by atoms with van der Waals surface area (Å²) in [6, 6.07) is 8.71. The third-order valence-electron chi connectivity index (χ3n) is 6.56. The second-order valence-electron chi connectivity index (χ2n) is 9.20. The number of nitrogens with one attached hydrogen (secondary N) is 2. The maximum absolute atomic E-state index is 4.93. The van der Waals surface area contributed by atoms with Crippen LogP contribution in [0.15, 0.2) is 60.7 Å². The van der Waals surface area contributed by atoms with E-state index in [0.717, 1.165) is 58.7 Å². The zero-order chi connectivity index (χ0) is 25.2. The van der Waals surface area contributed by atoms with Crippen LogP contribution in [0.25, 0.3) is 28.1 Å². The Balaban J connectivity index is 1.54. The molecule has 0 spiro atoms. The van der Waals surface area contributed by atoms with E-state index in [1.807, 2.05) is 44.4 Å². The first-order valence-corrected chi connectivity index (χ1v) is 12.3. The second kappa shape index (κ2) is 9.81. The van der Waals surface area contributed by atoms with Crippen LogP contribution in [0.5, 0.6) is 0 Å². The van der Waals surface area contributed by atoms with Crippen LogP contribution in [0.1, 0.15) is 37.1 Å². The number of allylic oxidation sites excluding steroid dienone is 3. The number of nitrogens with zero attached hydrogens (tertiary/aromatic N) is 6. The molecule has 184 valence electrons. The smallest absolute Gasteiger partial charge is 0.227 e. The molecule has 8 nitrogen and oxygen atoms in total. The lowest BCUT2D eigenvalue weighted by atomic mass is 9.91. The first-order valence-electron chi connectivity index (χ1n) is 12.3. The van der Waals surface area contributed by atoms with E-state index in [-0.39, 0.29) is 0 Å². The molecule has 0 bridgehead atoms. The molecule has 0 unspecified atom stereocenters. The number of hydrogen-bond acceptors (Lipinski definition) is 6.